The van der Waals surface area contributed by atoms with Gasteiger partial charge in [0.1, 0.15) is 6.04 Å². The topological polar surface area (TPSA) is 70.2 Å². The molecule has 0 heterocycles. The zero-order valence-electron chi connectivity index (χ0n) is 17.1. The molecule has 0 aromatic heterocycles. The Balaban J connectivity index is 1.56. The van der Waals surface area contributed by atoms with Gasteiger partial charge in [0.2, 0.25) is 0 Å². The zero-order chi connectivity index (χ0) is 21.6. The summed E-state index contributed by atoms with van der Waals surface area (Å²) in [7, 11) is 0. The number of hydrogen-bond acceptors (Lipinski definition) is 2. The van der Waals surface area contributed by atoms with Crippen molar-refractivity contribution >= 4 is 34.1 Å². The minimum absolute atomic E-state index is 0.312. The van der Waals surface area contributed by atoms with E-state index in [0.29, 0.717) is 16.9 Å². The molecule has 0 saturated carbocycles. The molecular weight excluding hydrogens is 386 g/mol. The molecule has 0 aliphatic carbocycles. The molecule has 0 unspecified atom stereocenters. The number of rotatable bonds is 5. The van der Waals surface area contributed by atoms with E-state index < -0.39 is 12.1 Å². The van der Waals surface area contributed by atoms with E-state index in [4.69, 9.17) is 0 Å². The molecule has 3 N–H and O–H groups in total. The minimum atomic E-state index is -0.851. The number of amides is 3. The molecule has 5 nitrogen and oxygen atoms in total. The van der Waals surface area contributed by atoms with Gasteiger partial charge in [-0.1, -0.05) is 84.9 Å². The number of urea groups is 1. The zero-order valence-corrected chi connectivity index (χ0v) is 17.1. The summed E-state index contributed by atoms with van der Waals surface area (Å²) in [6.45, 7) is 1.92. The maximum absolute atomic E-state index is 13.1. The lowest BCUT2D eigenvalue weighted by molar-refractivity contribution is -0.118. The summed E-state index contributed by atoms with van der Waals surface area (Å²) in [5.41, 5.74) is 3.04. The van der Waals surface area contributed by atoms with Crippen LogP contribution >= 0.6 is 0 Å². The summed E-state index contributed by atoms with van der Waals surface area (Å²) in [6.07, 6.45) is 0. The first kappa shape index (κ1) is 20.2. The number of fused-ring (bicyclic) bond motifs is 1. The summed E-state index contributed by atoms with van der Waals surface area (Å²) in [6, 6.07) is 29.0. The van der Waals surface area contributed by atoms with Crippen LogP contribution in [0, 0.1) is 6.92 Å². The van der Waals surface area contributed by atoms with E-state index >= 15 is 0 Å². The van der Waals surface area contributed by atoms with Crippen molar-refractivity contribution in [3.05, 3.63) is 108 Å². The second-order valence-corrected chi connectivity index (χ2v) is 7.27. The van der Waals surface area contributed by atoms with E-state index in [1.807, 2.05) is 104 Å². The fraction of sp³-hybridized carbons (Fsp3) is 0.0769. The van der Waals surface area contributed by atoms with E-state index in [9.17, 15) is 9.59 Å². The Kier molecular flexibility index (Phi) is 5.94. The number of carbonyl (C=O) groups is 2. The molecule has 0 saturated heterocycles. The molecule has 0 radical (unpaired) electrons. The molecule has 0 aliphatic heterocycles. The standard InChI is InChI=1S/C26H23N3O2/c1-18-10-5-8-16-22(18)27-25(30)24(20-12-3-2-4-13-20)29-26(31)28-23-17-9-14-19-11-6-7-15-21(19)23/h2-17,24H,1H3,(H,27,30)(H2,28,29,31)/t24-/m1/s1. The number of anilines is 2. The van der Waals surface area contributed by atoms with E-state index in [1.165, 1.54) is 0 Å². The number of para-hydroxylation sites is 1. The highest BCUT2D eigenvalue weighted by Gasteiger charge is 2.23. The summed E-state index contributed by atoms with van der Waals surface area (Å²) < 4.78 is 0. The number of benzene rings is 4. The predicted molar refractivity (Wildman–Crippen MR) is 125 cm³/mol. The molecular formula is C26H23N3O2. The lowest BCUT2D eigenvalue weighted by Gasteiger charge is -2.20. The van der Waals surface area contributed by atoms with E-state index in [0.717, 1.165) is 16.3 Å². The van der Waals surface area contributed by atoms with Gasteiger partial charge >= 0.3 is 6.03 Å². The fourth-order valence-corrected chi connectivity index (χ4v) is 3.49. The van der Waals surface area contributed by atoms with Crippen LogP contribution < -0.4 is 16.0 Å². The van der Waals surface area contributed by atoms with Gasteiger partial charge in [-0.05, 0) is 35.6 Å². The van der Waals surface area contributed by atoms with Gasteiger partial charge in [-0.2, -0.15) is 0 Å². The third-order valence-corrected chi connectivity index (χ3v) is 5.11. The molecule has 4 rings (SSSR count). The van der Waals surface area contributed by atoms with Crippen molar-refractivity contribution in [2.24, 2.45) is 0 Å². The third kappa shape index (κ3) is 4.73. The van der Waals surface area contributed by atoms with Crippen LogP contribution in [0.4, 0.5) is 16.2 Å². The summed E-state index contributed by atoms with van der Waals surface area (Å²) in [5.74, 6) is -0.312. The molecule has 0 aliphatic rings. The molecule has 3 amide bonds. The van der Waals surface area contributed by atoms with Gasteiger partial charge in [0, 0.05) is 11.1 Å². The Hall–Kier alpha value is -4.12. The Morgan fingerprint density at radius 3 is 2.13 bits per heavy atom. The lowest BCUT2D eigenvalue weighted by atomic mass is 10.1. The van der Waals surface area contributed by atoms with Crippen LogP contribution in [-0.4, -0.2) is 11.9 Å². The summed E-state index contributed by atoms with van der Waals surface area (Å²) in [5, 5.41) is 10.6. The summed E-state index contributed by atoms with van der Waals surface area (Å²) in [4.78, 5) is 26.0. The molecule has 0 bridgehead atoms. The predicted octanol–water partition coefficient (Wildman–Crippen LogP) is 5.65. The summed E-state index contributed by atoms with van der Waals surface area (Å²) >= 11 is 0. The molecule has 0 spiro atoms. The molecule has 4 aromatic carbocycles. The van der Waals surface area contributed by atoms with Crippen molar-refractivity contribution in [2.75, 3.05) is 10.6 Å². The van der Waals surface area contributed by atoms with E-state index in [-0.39, 0.29) is 5.91 Å². The molecule has 5 heteroatoms. The maximum atomic E-state index is 13.1. The first-order chi connectivity index (χ1) is 15.1. The van der Waals surface area contributed by atoms with E-state index in [2.05, 4.69) is 16.0 Å². The smallest absolute Gasteiger partial charge is 0.320 e. The van der Waals surface area contributed by atoms with Crippen molar-refractivity contribution in [3.8, 4) is 0 Å². The van der Waals surface area contributed by atoms with Crippen molar-refractivity contribution < 1.29 is 9.59 Å². The second kappa shape index (κ2) is 9.13. The van der Waals surface area contributed by atoms with Crippen molar-refractivity contribution in [1.82, 2.24) is 5.32 Å². The molecule has 0 fully saturated rings. The molecule has 4 aromatic rings. The first-order valence-corrected chi connectivity index (χ1v) is 10.1. The highest BCUT2D eigenvalue weighted by atomic mass is 16.2. The largest absolute Gasteiger partial charge is 0.324 e. The van der Waals surface area contributed by atoms with E-state index in [1.54, 1.807) is 0 Å². The molecule has 154 valence electrons. The number of carbonyl (C=O) groups excluding carboxylic acids is 2. The minimum Gasteiger partial charge on any atom is -0.324 e. The van der Waals surface area contributed by atoms with Crippen LogP contribution in [0.3, 0.4) is 0 Å². The van der Waals surface area contributed by atoms with Crippen LogP contribution in [0.2, 0.25) is 0 Å². The Labute approximate surface area is 181 Å². The Bertz CT molecular complexity index is 1220. The van der Waals surface area contributed by atoms with Crippen LogP contribution in [-0.2, 0) is 4.79 Å². The maximum Gasteiger partial charge on any atom is 0.320 e. The van der Waals surface area contributed by atoms with Gasteiger partial charge in [0.15, 0.2) is 0 Å². The third-order valence-electron chi connectivity index (χ3n) is 5.11. The average Bonchev–Trinajstić information content (AvgIpc) is 2.80. The Morgan fingerprint density at radius 2 is 1.32 bits per heavy atom. The van der Waals surface area contributed by atoms with Crippen molar-refractivity contribution in [3.63, 3.8) is 0 Å². The van der Waals surface area contributed by atoms with Gasteiger partial charge < -0.3 is 16.0 Å². The van der Waals surface area contributed by atoms with Crippen LogP contribution in [0.5, 0.6) is 0 Å². The quantitative estimate of drug-likeness (QED) is 0.399. The first-order valence-electron chi connectivity index (χ1n) is 10.1. The van der Waals surface area contributed by atoms with Crippen molar-refractivity contribution in [1.29, 1.82) is 0 Å². The van der Waals surface area contributed by atoms with Gasteiger partial charge in [0.25, 0.3) is 5.91 Å². The average molecular weight is 409 g/mol. The van der Waals surface area contributed by atoms with Crippen LogP contribution in [0.1, 0.15) is 17.2 Å². The van der Waals surface area contributed by atoms with Gasteiger partial charge in [-0.25, -0.2) is 4.79 Å². The SMILES string of the molecule is Cc1ccccc1NC(=O)[C@H](NC(=O)Nc1cccc2ccccc12)c1ccccc1. The lowest BCUT2D eigenvalue weighted by Crippen LogP contribution is -2.39. The monoisotopic (exact) mass is 409 g/mol. The van der Waals surface area contributed by atoms with Gasteiger partial charge in [-0.15, -0.1) is 0 Å². The fourth-order valence-electron chi connectivity index (χ4n) is 3.49. The second-order valence-electron chi connectivity index (χ2n) is 7.27. The number of hydrogen-bond donors (Lipinski definition) is 3. The van der Waals surface area contributed by atoms with Gasteiger partial charge in [0.05, 0.1) is 5.69 Å². The van der Waals surface area contributed by atoms with Gasteiger partial charge in [-0.3, -0.25) is 4.79 Å². The Morgan fingerprint density at radius 1 is 0.677 bits per heavy atom. The number of nitrogens with one attached hydrogen (secondary N) is 3. The number of aryl methyl sites for hydroxylation is 1. The van der Waals surface area contributed by atoms with Crippen LogP contribution in [0.15, 0.2) is 97.1 Å². The highest BCUT2D eigenvalue weighted by Crippen LogP contribution is 2.23. The van der Waals surface area contributed by atoms with Crippen LogP contribution in [0.25, 0.3) is 10.8 Å². The highest BCUT2D eigenvalue weighted by molar-refractivity contribution is 6.04. The normalized spacial score (nSPS) is 11.5. The van der Waals surface area contributed by atoms with Crippen molar-refractivity contribution in [2.45, 2.75) is 13.0 Å². The molecule has 1 atom stereocenters. The molecule has 31 heavy (non-hydrogen) atoms.